The Morgan fingerprint density at radius 3 is 2.40 bits per heavy atom. The zero-order valence-corrected chi connectivity index (χ0v) is 6.61. The molecule has 1 heterocycles. The highest BCUT2D eigenvalue weighted by molar-refractivity contribution is 6.30. The van der Waals surface area contributed by atoms with Gasteiger partial charge in [0.2, 0.25) is 0 Å². The van der Waals surface area contributed by atoms with Gasteiger partial charge in [-0.3, -0.25) is 0 Å². The number of aromatic nitrogens is 2. The SMILES string of the molecule is Cc1nc(N)c(C)c(Cl)n1. The van der Waals surface area contributed by atoms with Crippen molar-refractivity contribution in [1.82, 2.24) is 9.97 Å². The second kappa shape index (κ2) is 2.42. The highest BCUT2D eigenvalue weighted by atomic mass is 35.5. The monoisotopic (exact) mass is 157 g/mol. The molecule has 0 spiro atoms. The molecule has 1 aromatic heterocycles. The van der Waals surface area contributed by atoms with Crippen molar-refractivity contribution in [3.8, 4) is 0 Å². The second-order valence-electron chi connectivity index (χ2n) is 2.07. The Kier molecular flexibility index (Phi) is 1.76. The van der Waals surface area contributed by atoms with E-state index in [4.69, 9.17) is 17.3 Å². The molecule has 0 saturated carbocycles. The zero-order valence-electron chi connectivity index (χ0n) is 5.85. The lowest BCUT2D eigenvalue weighted by Gasteiger charge is -2.00. The normalized spacial score (nSPS) is 9.90. The maximum Gasteiger partial charge on any atom is 0.137 e. The summed E-state index contributed by atoms with van der Waals surface area (Å²) < 4.78 is 0. The first kappa shape index (κ1) is 7.28. The molecule has 0 amide bonds. The Bertz CT molecular complexity index is 236. The van der Waals surface area contributed by atoms with Gasteiger partial charge in [0.1, 0.15) is 16.8 Å². The standard InChI is InChI=1S/C6H8ClN3/c1-3-5(7)9-4(2)10-6(3)8/h1-2H3,(H2,8,9,10). The number of halogens is 1. The number of hydrogen-bond acceptors (Lipinski definition) is 3. The Morgan fingerprint density at radius 2 is 1.90 bits per heavy atom. The molecule has 3 nitrogen and oxygen atoms in total. The molecule has 0 aromatic carbocycles. The molecule has 54 valence electrons. The molecule has 10 heavy (non-hydrogen) atoms. The number of rotatable bonds is 0. The van der Waals surface area contributed by atoms with E-state index in [-0.39, 0.29) is 0 Å². The molecule has 0 saturated heterocycles. The Hall–Kier alpha value is -0.830. The molecule has 2 N–H and O–H groups in total. The first-order chi connectivity index (χ1) is 4.61. The largest absolute Gasteiger partial charge is 0.383 e. The summed E-state index contributed by atoms with van der Waals surface area (Å²) in [6, 6.07) is 0. The van der Waals surface area contributed by atoms with Crippen LogP contribution in [0.25, 0.3) is 0 Å². The van der Waals surface area contributed by atoms with E-state index in [1.807, 2.05) is 0 Å². The van der Waals surface area contributed by atoms with Crippen LogP contribution in [-0.4, -0.2) is 9.97 Å². The molecule has 0 unspecified atom stereocenters. The summed E-state index contributed by atoms with van der Waals surface area (Å²) >= 11 is 5.69. The van der Waals surface area contributed by atoms with Crippen LogP contribution in [0.2, 0.25) is 5.15 Å². The van der Waals surface area contributed by atoms with Crippen molar-refractivity contribution in [2.45, 2.75) is 13.8 Å². The van der Waals surface area contributed by atoms with Gasteiger partial charge in [0.05, 0.1) is 0 Å². The summed E-state index contributed by atoms with van der Waals surface area (Å²) in [4.78, 5) is 7.82. The van der Waals surface area contributed by atoms with Crippen LogP contribution in [0.3, 0.4) is 0 Å². The van der Waals surface area contributed by atoms with E-state index in [0.717, 1.165) is 5.56 Å². The van der Waals surface area contributed by atoms with Gasteiger partial charge in [0, 0.05) is 5.56 Å². The average molecular weight is 158 g/mol. The molecule has 1 aromatic rings. The number of anilines is 1. The molecular formula is C6H8ClN3. The molecule has 0 aliphatic rings. The minimum absolute atomic E-state index is 0.435. The van der Waals surface area contributed by atoms with Gasteiger partial charge in [-0.2, -0.15) is 0 Å². The minimum Gasteiger partial charge on any atom is -0.383 e. The van der Waals surface area contributed by atoms with Crippen molar-refractivity contribution >= 4 is 17.4 Å². The van der Waals surface area contributed by atoms with Crippen LogP contribution >= 0.6 is 11.6 Å². The Balaban J connectivity index is 3.31. The molecule has 0 aliphatic carbocycles. The molecular weight excluding hydrogens is 150 g/mol. The van der Waals surface area contributed by atoms with Crippen LogP contribution in [0.4, 0.5) is 5.82 Å². The lowest BCUT2D eigenvalue weighted by Crippen LogP contribution is -1.99. The van der Waals surface area contributed by atoms with Crippen LogP contribution in [0.1, 0.15) is 11.4 Å². The van der Waals surface area contributed by atoms with Crippen molar-refractivity contribution in [3.05, 3.63) is 16.5 Å². The number of hydrogen-bond donors (Lipinski definition) is 1. The van der Waals surface area contributed by atoms with Crippen LogP contribution in [-0.2, 0) is 0 Å². The summed E-state index contributed by atoms with van der Waals surface area (Å²) in [5.74, 6) is 1.06. The molecule has 0 radical (unpaired) electrons. The quantitative estimate of drug-likeness (QED) is 0.578. The summed E-state index contributed by atoms with van der Waals surface area (Å²) in [6.07, 6.45) is 0. The number of nitrogens with two attached hydrogens (primary N) is 1. The van der Waals surface area contributed by atoms with Gasteiger partial charge in [0.25, 0.3) is 0 Å². The fourth-order valence-electron chi connectivity index (χ4n) is 0.615. The molecule has 4 heteroatoms. The molecule has 1 rings (SSSR count). The highest BCUT2D eigenvalue weighted by Gasteiger charge is 2.01. The number of nitrogens with zero attached hydrogens (tertiary/aromatic N) is 2. The van der Waals surface area contributed by atoms with Crippen molar-refractivity contribution in [2.75, 3.05) is 5.73 Å². The summed E-state index contributed by atoms with van der Waals surface area (Å²) in [5.41, 5.74) is 6.23. The summed E-state index contributed by atoms with van der Waals surface area (Å²) in [7, 11) is 0. The van der Waals surface area contributed by atoms with Gasteiger partial charge < -0.3 is 5.73 Å². The summed E-state index contributed by atoms with van der Waals surface area (Å²) in [5, 5.41) is 0.435. The highest BCUT2D eigenvalue weighted by Crippen LogP contribution is 2.15. The number of nitrogen functional groups attached to an aromatic ring is 1. The van der Waals surface area contributed by atoms with E-state index >= 15 is 0 Å². The van der Waals surface area contributed by atoms with Gasteiger partial charge in [-0.1, -0.05) is 11.6 Å². The van der Waals surface area contributed by atoms with Crippen molar-refractivity contribution in [2.24, 2.45) is 0 Å². The van der Waals surface area contributed by atoms with Gasteiger partial charge in [-0.05, 0) is 13.8 Å². The third-order valence-corrected chi connectivity index (χ3v) is 1.60. The van der Waals surface area contributed by atoms with Crippen LogP contribution < -0.4 is 5.73 Å². The van der Waals surface area contributed by atoms with E-state index < -0.39 is 0 Å². The van der Waals surface area contributed by atoms with Crippen molar-refractivity contribution < 1.29 is 0 Å². The molecule has 0 aliphatic heterocycles. The minimum atomic E-state index is 0.435. The first-order valence-corrected chi connectivity index (χ1v) is 3.25. The van der Waals surface area contributed by atoms with E-state index in [1.165, 1.54) is 0 Å². The van der Waals surface area contributed by atoms with E-state index in [9.17, 15) is 0 Å². The Morgan fingerprint density at radius 1 is 1.30 bits per heavy atom. The molecule has 0 bridgehead atoms. The van der Waals surface area contributed by atoms with E-state index in [0.29, 0.717) is 16.8 Å². The van der Waals surface area contributed by atoms with Crippen molar-refractivity contribution in [3.63, 3.8) is 0 Å². The van der Waals surface area contributed by atoms with Gasteiger partial charge in [0.15, 0.2) is 0 Å². The predicted octanol–water partition coefficient (Wildman–Crippen LogP) is 1.33. The lowest BCUT2D eigenvalue weighted by molar-refractivity contribution is 1.04. The first-order valence-electron chi connectivity index (χ1n) is 2.87. The van der Waals surface area contributed by atoms with Crippen LogP contribution in [0.5, 0.6) is 0 Å². The average Bonchev–Trinajstić information content (AvgIpc) is 1.82. The maximum atomic E-state index is 5.69. The summed E-state index contributed by atoms with van der Waals surface area (Å²) in [6.45, 7) is 3.54. The molecule has 0 fully saturated rings. The van der Waals surface area contributed by atoms with Gasteiger partial charge >= 0.3 is 0 Å². The second-order valence-corrected chi connectivity index (χ2v) is 2.43. The van der Waals surface area contributed by atoms with Crippen LogP contribution in [0, 0.1) is 13.8 Å². The van der Waals surface area contributed by atoms with Crippen LogP contribution in [0.15, 0.2) is 0 Å². The fraction of sp³-hybridized carbons (Fsp3) is 0.333. The lowest BCUT2D eigenvalue weighted by atomic mass is 10.3. The molecule has 0 atom stereocenters. The van der Waals surface area contributed by atoms with E-state index in [1.54, 1.807) is 13.8 Å². The zero-order chi connectivity index (χ0) is 7.72. The fourth-order valence-corrected chi connectivity index (χ4v) is 0.834. The van der Waals surface area contributed by atoms with Crippen molar-refractivity contribution in [1.29, 1.82) is 0 Å². The third-order valence-electron chi connectivity index (χ3n) is 1.24. The third kappa shape index (κ3) is 1.19. The maximum absolute atomic E-state index is 5.69. The topological polar surface area (TPSA) is 51.8 Å². The van der Waals surface area contributed by atoms with E-state index in [2.05, 4.69) is 9.97 Å². The van der Waals surface area contributed by atoms with Gasteiger partial charge in [-0.25, -0.2) is 9.97 Å². The predicted molar refractivity (Wildman–Crippen MR) is 40.9 cm³/mol. The Labute approximate surface area is 64.2 Å². The number of aryl methyl sites for hydroxylation is 1. The smallest absolute Gasteiger partial charge is 0.137 e. The van der Waals surface area contributed by atoms with Gasteiger partial charge in [-0.15, -0.1) is 0 Å².